The number of amides is 2. The zero-order valence-corrected chi connectivity index (χ0v) is 14.6. The monoisotopic (exact) mass is 394 g/mol. The van der Waals surface area contributed by atoms with Gasteiger partial charge in [-0.3, -0.25) is 4.98 Å². The van der Waals surface area contributed by atoms with Crippen molar-refractivity contribution in [1.29, 1.82) is 0 Å². The van der Waals surface area contributed by atoms with Crippen LogP contribution in [-0.4, -0.2) is 21.9 Å². The van der Waals surface area contributed by atoms with Crippen LogP contribution in [0.15, 0.2) is 36.7 Å². The summed E-state index contributed by atoms with van der Waals surface area (Å²) in [5, 5.41) is 5.93. The number of benzene rings is 1. The molecule has 27 heavy (non-hydrogen) atoms. The first-order valence-electron chi connectivity index (χ1n) is 8.19. The number of aromatic nitrogens is 2. The van der Waals surface area contributed by atoms with E-state index in [9.17, 15) is 18.0 Å². The summed E-state index contributed by atoms with van der Waals surface area (Å²) in [5.74, 6) is -3.46. The predicted molar refractivity (Wildman–Crippen MR) is 97.1 cm³/mol. The lowest BCUT2D eigenvalue weighted by Gasteiger charge is -2.34. The van der Waals surface area contributed by atoms with Crippen molar-refractivity contribution in [3.05, 3.63) is 53.2 Å². The summed E-state index contributed by atoms with van der Waals surface area (Å²) in [6, 6.07) is 5.09. The lowest BCUT2D eigenvalue weighted by molar-refractivity contribution is -0.0875. The zero-order chi connectivity index (χ0) is 19.2. The van der Waals surface area contributed by atoms with Crippen molar-refractivity contribution in [2.24, 2.45) is 0 Å². The van der Waals surface area contributed by atoms with Gasteiger partial charge in [0.05, 0.1) is 28.3 Å². The van der Waals surface area contributed by atoms with Crippen LogP contribution in [0.3, 0.4) is 0 Å². The van der Waals surface area contributed by atoms with E-state index in [1.807, 2.05) is 0 Å². The summed E-state index contributed by atoms with van der Waals surface area (Å²) in [6.07, 6.45) is 2.37. The quantitative estimate of drug-likeness (QED) is 0.548. The second-order valence-electron chi connectivity index (χ2n) is 6.52. The van der Waals surface area contributed by atoms with Gasteiger partial charge in [0, 0.05) is 35.9 Å². The fourth-order valence-corrected chi connectivity index (χ4v) is 3.47. The Kier molecular flexibility index (Phi) is 4.22. The topological polar surface area (TPSA) is 69.8 Å². The molecule has 0 aliphatic heterocycles. The molecule has 0 radical (unpaired) electrons. The van der Waals surface area contributed by atoms with Crippen molar-refractivity contribution < 1.29 is 18.0 Å². The smallest absolute Gasteiger partial charge is 0.323 e. The molecule has 1 aliphatic rings. The molecule has 9 heteroatoms. The van der Waals surface area contributed by atoms with Gasteiger partial charge in [-0.2, -0.15) is 0 Å². The highest BCUT2D eigenvalue weighted by Crippen LogP contribution is 2.49. The Morgan fingerprint density at radius 2 is 2.04 bits per heavy atom. The van der Waals surface area contributed by atoms with Crippen LogP contribution in [0.5, 0.6) is 0 Å². The van der Waals surface area contributed by atoms with Crippen LogP contribution in [0, 0.1) is 5.82 Å². The van der Waals surface area contributed by atoms with E-state index in [1.54, 1.807) is 12.3 Å². The van der Waals surface area contributed by atoms with Crippen LogP contribution < -0.4 is 10.6 Å². The number of carbonyl (C=O) groups excluding carboxylic acids is 1. The second-order valence-corrected chi connectivity index (χ2v) is 6.93. The Morgan fingerprint density at radius 1 is 1.26 bits per heavy atom. The summed E-state index contributed by atoms with van der Waals surface area (Å²) in [6.45, 7) is 0. The molecule has 2 aromatic heterocycles. The molecule has 1 aromatic carbocycles. The third-order valence-electron chi connectivity index (χ3n) is 4.50. The van der Waals surface area contributed by atoms with Gasteiger partial charge in [0.25, 0.3) is 0 Å². The average molecular weight is 395 g/mol. The fraction of sp³-hybridized carbons (Fsp3) is 0.222. The number of aromatic amines is 1. The van der Waals surface area contributed by atoms with E-state index in [2.05, 4.69) is 20.6 Å². The molecule has 4 rings (SSSR count). The second kappa shape index (κ2) is 6.45. The number of nitrogens with one attached hydrogen (secondary N) is 3. The van der Waals surface area contributed by atoms with E-state index in [-0.39, 0.29) is 23.8 Å². The van der Waals surface area contributed by atoms with E-state index in [0.29, 0.717) is 28.0 Å². The van der Waals surface area contributed by atoms with Crippen LogP contribution in [0.4, 0.5) is 29.3 Å². The maximum Gasteiger partial charge on any atom is 0.323 e. The van der Waals surface area contributed by atoms with Gasteiger partial charge in [-0.1, -0.05) is 11.6 Å². The van der Waals surface area contributed by atoms with Crippen LogP contribution in [-0.2, 0) is 0 Å². The number of carbonyl (C=O) groups is 1. The summed E-state index contributed by atoms with van der Waals surface area (Å²) in [4.78, 5) is 19.2. The maximum absolute atomic E-state index is 13.4. The molecule has 140 valence electrons. The summed E-state index contributed by atoms with van der Waals surface area (Å²) >= 11 is 6.13. The van der Waals surface area contributed by atoms with Gasteiger partial charge in [0.1, 0.15) is 5.82 Å². The zero-order valence-electron chi connectivity index (χ0n) is 13.8. The number of hydrogen-bond acceptors (Lipinski definition) is 2. The van der Waals surface area contributed by atoms with Crippen LogP contribution in [0.2, 0.25) is 5.02 Å². The summed E-state index contributed by atoms with van der Waals surface area (Å²) in [5.41, 5.74) is 1.81. The third kappa shape index (κ3) is 3.57. The summed E-state index contributed by atoms with van der Waals surface area (Å²) in [7, 11) is 0. The molecule has 2 heterocycles. The van der Waals surface area contributed by atoms with Crippen LogP contribution >= 0.6 is 11.6 Å². The van der Waals surface area contributed by atoms with Crippen molar-refractivity contribution in [1.82, 2.24) is 9.97 Å². The lowest BCUT2D eigenvalue weighted by Crippen LogP contribution is -2.34. The molecular formula is C18H14ClF3N4O. The fourth-order valence-electron chi connectivity index (χ4n) is 3.15. The first kappa shape index (κ1) is 17.7. The largest absolute Gasteiger partial charge is 0.359 e. The molecular weight excluding hydrogens is 381 g/mol. The van der Waals surface area contributed by atoms with Crippen LogP contribution in [0.25, 0.3) is 10.9 Å². The minimum absolute atomic E-state index is 0.225. The van der Waals surface area contributed by atoms with Gasteiger partial charge < -0.3 is 15.6 Å². The Morgan fingerprint density at radius 3 is 2.74 bits per heavy atom. The van der Waals surface area contributed by atoms with E-state index in [0.717, 1.165) is 0 Å². The van der Waals surface area contributed by atoms with Crippen LogP contribution in [0.1, 0.15) is 24.5 Å². The molecule has 0 spiro atoms. The molecule has 0 atom stereocenters. The average Bonchev–Trinajstić information content (AvgIpc) is 2.95. The molecule has 3 aromatic rings. The van der Waals surface area contributed by atoms with Gasteiger partial charge in [-0.15, -0.1) is 0 Å². The number of urea groups is 1. The van der Waals surface area contributed by atoms with Gasteiger partial charge >= 0.3 is 6.03 Å². The number of nitrogens with zero attached hydrogens (tertiary/aromatic N) is 1. The number of halogens is 4. The number of fused-ring (bicyclic) bond motifs is 1. The summed E-state index contributed by atoms with van der Waals surface area (Å²) < 4.78 is 39.4. The Bertz CT molecular complexity index is 1030. The first-order valence-corrected chi connectivity index (χ1v) is 8.56. The highest BCUT2D eigenvalue weighted by molar-refractivity contribution is 6.31. The van der Waals surface area contributed by atoms with E-state index in [4.69, 9.17) is 11.6 Å². The first-order chi connectivity index (χ1) is 12.8. The normalized spacial score (nSPS) is 16.1. The Labute approximate surface area is 156 Å². The van der Waals surface area contributed by atoms with Crippen molar-refractivity contribution in [3.8, 4) is 0 Å². The molecule has 0 bridgehead atoms. The van der Waals surface area contributed by atoms with E-state index >= 15 is 0 Å². The molecule has 5 nitrogen and oxygen atoms in total. The van der Waals surface area contributed by atoms with Crippen molar-refractivity contribution in [2.45, 2.75) is 24.7 Å². The molecule has 0 saturated heterocycles. The standard InChI is InChI=1S/C18H14ClF3N4O/c19-13-4-11(7-24-16(13)9-5-18(21,22)6-9)25-17(27)26-15-8-23-14-2-1-10(20)3-12(14)15/h1-4,7-9,23H,5-6H2,(H2,25,26,27). The molecule has 0 unspecified atom stereocenters. The molecule has 1 saturated carbocycles. The number of pyridine rings is 1. The van der Waals surface area contributed by atoms with Gasteiger partial charge in [0.15, 0.2) is 0 Å². The number of hydrogen-bond donors (Lipinski definition) is 3. The minimum atomic E-state index is -2.66. The SMILES string of the molecule is O=C(Nc1cnc(C2CC(F)(F)C2)c(Cl)c1)Nc1c[nH]c2ccc(F)cc12. The Balaban J connectivity index is 1.45. The molecule has 1 aliphatic carbocycles. The van der Waals surface area contributed by atoms with Crippen molar-refractivity contribution in [2.75, 3.05) is 10.6 Å². The van der Waals surface area contributed by atoms with Gasteiger partial charge in [-0.25, -0.2) is 18.0 Å². The van der Waals surface area contributed by atoms with E-state index < -0.39 is 17.8 Å². The third-order valence-corrected chi connectivity index (χ3v) is 4.80. The van der Waals surface area contributed by atoms with Gasteiger partial charge in [0.2, 0.25) is 5.92 Å². The maximum atomic E-state index is 13.4. The number of rotatable bonds is 3. The lowest BCUT2D eigenvalue weighted by atomic mass is 9.79. The molecule has 3 N–H and O–H groups in total. The number of H-pyrrole nitrogens is 1. The van der Waals surface area contributed by atoms with Gasteiger partial charge in [-0.05, 0) is 24.3 Å². The Hall–Kier alpha value is -2.74. The molecule has 2 amide bonds. The molecule has 1 fully saturated rings. The van der Waals surface area contributed by atoms with Crippen molar-refractivity contribution in [3.63, 3.8) is 0 Å². The predicted octanol–water partition coefficient (Wildman–Crippen LogP) is 5.51. The van der Waals surface area contributed by atoms with E-state index in [1.165, 1.54) is 24.4 Å². The number of alkyl halides is 2. The van der Waals surface area contributed by atoms with Crippen molar-refractivity contribution >= 4 is 39.9 Å². The minimum Gasteiger partial charge on any atom is -0.359 e. The highest BCUT2D eigenvalue weighted by Gasteiger charge is 2.47. The highest BCUT2D eigenvalue weighted by atomic mass is 35.5. The number of anilines is 2.